The smallest absolute Gasteiger partial charge is 0.254 e. The zero-order chi connectivity index (χ0) is 14.2. The number of benzene rings is 1. The highest BCUT2D eigenvalue weighted by Crippen LogP contribution is 2.29. The summed E-state index contributed by atoms with van der Waals surface area (Å²) in [5.41, 5.74) is 8.24. The van der Waals surface area contributed by atoms with Crippen molar-refractivity contribution in [3.05, 3.63) is 29.3 Å². The monoisotopic (exact) mass is 260 g/mol. The standard InChI is InChI=1S/C16H24N2O/c1-10-8-11(2)13(4)18(9-10)16(19)14-6-5-7-15(17)12(14)3/h5-7,10-11,13H,8-9,17H2,1-4H3. The van der Waals surface area contributed by atoms with Gasteiger partial charge in [-0.1, -0.05) is 19.9 Å². The lowest BCUT2D eigenvalue weighted by Gasteiger charge is -2.41. The molecule has 1 heterocycles. The number of amides is 1. The lowest BCUT2D eigenvalue weighted by atomic mass is 9.85. The van der Waals surface area contributed by atoms with Gasteiger partial charge >= 0.3 is 0 Å². The van der Waals surface area contributed by atoms with E-state index in [-0.39, 0.29) is 5.91 Å². The molecule has 0 bridgehead atoms. The Kier molecular flexibility index (Phi) is 3.83. The molecule has 0 radical (unpaired) electrons. The maximum absolute atomic E-state index is 12.7. The molecule has 2 rings (SSSR count). The topological polar surface area (TPSA) is 46.3 Å². The summed E-state index contributed by atoms with van der Waals surface area (Å²) < 4.78 is 0. The van der Waals surface area contributed by atoms with E-state index in [4.69, 9.17) is 5.73 Å². The second kappa shape index (κ2) is 5.24. The number of nitrogens with two attached hydrogens (primary N) is 1. The Labute approximate surface area is 115 Å². The summed E-state index contributed by atoms with van der Waals surface area (Å²) in [7, 11) is 0. The van der Waals surface area contributed by atoms with Crippen LogP contribution < -0.4 is 5.73 Å². The number of hydrogen-bond donors (Lipinski definition) is 1. The molecule has 1 aliphatic heterocycles. The maximum atomic E-state index is 12.7. The summed E-state index contributed by atoms with van der Waals surface area (Å²) in [5, 5.41) is 0. The van der Waals surface area contributed by atoms with Crippen molar-refractivity contribution >= 4 is 11.6 Å². The number of rotatable bonds is 1. The van der Waals surface area contributed by atoms with E-state index in [1.165, 1.54) is 6.42 Å². The van der Waals surface area contributed by atoms with Crippen molar-refractivity contribution in [1.29, 1.82) is 0 Å². The summed E-state index contributed by atoms with van der Waals surface area (Å²) >= 11 is 0. The Morgan fingerprint density at radius 2 is 2.00 bits per heavy atom. The van der Waals surface area contributed by atoms with E-state index < -0.39 is 0 Å². The third-order valence-corrected chi connectivity index (χ3v) is 4.46. The maximum Gasteiger partial charge on any atom is 0.254 e. The van der Waals surface area contributed by atoms with Crippen molar-refractivity contribution < 1.29 is 4.79 Å². The summed E-state index contributed by atoms with van der Waals surface area (Å²) in [6, 6.07) is 5.88. The van der Waals surface area contributed by atoms with Crippen LogP contribution in [0.15, 0.2) is 18.2 Å². The minimum Gasteiger partial charge on any atom is -0.398 e. The molecule has 3 atom stereocenters. The molecule has 1 aromatic carbocycles. The molecule has 1 aromatic rings. The molecule has 1 amide bonds. The molecule has 3 heteroatoms. The summed E-state index contributed by atoms with van der Waals surface area (Å²) in [5.74, 6) is 1.24. The van der Waals surface area contributed by atoms with E-state index in [0.29, 0.717) is 23.6 Å². The van der Waals surface area contributed by atoms with Crippen molar-refractivity contribution in [2.75, 3.05) is 12.3 Å². The van der Waals surface area contributed by atoms with Crippen LogP contribution in [0.3, 0.4) is 0 Å². The quantitative estimate of drug-likeness (QED) is 0.789. The fraction of sp³-hybridized carbons (Fsp3) is 0.562. The molecule has 3 unspecified atom stereocenters. The summed E-state index contributed by atoms with van der Waals surface area (Å²) in [6.07, 6.45) is 1.20. The molecule has 2 N–H and O–H groups in total. The van der Waals surface area contributed by atoms with E-state index in [1.807, 2.05) is 30.0 Å². The van der Waals surface area contributed by atoms with Crippen LogP contribution in [0, 0.1) is 18.8 Å². The third-order valence-electron chi connectivity index (χ3n) is 4.46. The lowest BCUT2D eigenvalue weighted by molar-refractivity contribution is 0.0455. The molecule has 1 aliphatic rings. The molecule has 1 fully saturated rings. The van der Waals surface area contributed by atoms with Gasteiger partial charge in [0.15, 0.2) is 0 Å². The first-order chi connectivity index (χ1) is 8.91. The molecule has 0 saturated carbocycles. The van der Waals surface area contributed by atoms with Gasteiger partial charge in [0.2, 0.25) is 0 Å². The van der Waals surface area contributed by atoms with Crippen LogP contribution in [0.2, 0.25) is 0 Å². The van der Waals surface area contributed by atoms with Gasteiger partial charge in [-0.05, 0) is 49.8 Å². The Morgan fingerprint density at radius 1 is 1.32 bits per heavy atom. The van der Waals surface area contributed by atoms with Gasteiger partial charge in [0, 0.05) is 23.8 Å². The number of anilines is 1. The summed E-state index contributed by atoms with van der Waals surface area (Å²) in [6.45, 7) is 9.36. The summed E-state index contributed by atoms with van der Waals surface area (Å²) in [4.78, 5) is 14.8. The van der Waals surface area contributed by atoms with Gasteiger partial charge in [0.05, 0.1) is 0 Å². The zero-order valence-electron chi connectivity index (χ0n) is 12.3. The van der Waals surface area contributed by atoms with Crippen LogP contribution in [-0.2, 0) is 0 Å². The highest BCUT2D eigenvalue weighted by Gasteiger charge is 2.32. The van der Waals surface area contributed by atoms with Gasteiger partial charge in [-0.3, -0.25) is 4.79 Å². The second-order valence-electron chi connectivity index (χ2n) is 6.04. The van der Waals surface area contributed by atoms with Crippen molar-refractivity contribution in [2.24, 2.45) is 11.8 Å². The Morgan fingerprint density at radius 3 is 2.68 bits per heavy atom. The number of carbonyl (C=O) groups excluding carboxylic acids is 1. The first-order valence-electron chi connectivity index (χ1n) is 7.07. The second-order valence-corrected chi connectivity index (χ2v) is 6.04. The molecular weight excluding hydrogens is 236 g/mol. The van der Waals surface area contributed by atoms with Gasteiger partial charge in [-0.15, -0.1) is 0 Å². The first-order valence-corrected chi connectivity index (χ1v) is 7.07. The van der Waals surface area contributed by atoms with E-state index in [1.54, 1.807) is 0 Å². The van der Waals surface area contributed by atoms with Crippen molar-refractivity contribution in [3.8, 4) is 0 Å². The van der Waals surface area contributed by atoms with Gasteiger partial charge in [-0.2, -0.15) is 0 Å². The number of carbonyl (C=O) groups is 1. The number of piperidine rings is 1. The Hall–Kier alpha value is -1.51. The fourth-order valence-corrected chi connectivity index (χ4v) is 3.02. The average Bonchev–Trinajstić information content (AvgIpc) is 2.36. The first kappa shape index (κ1) is 13.9. The van der Waals surface area contributed by atoms with Gasteiger partial charge in [0.1, 0.15) is 0 Å². The number of likely N-dealkylation sites (tertiary alicyclic amines) is 1. The van der Waals surface area contributed by atoms with Crippen molar-refractivity contribution in [2.45, 2.75) is 40.2 Å². The molecule has 0 aliphatic carbocycles. The minimum atomic E-state index is 0.121. The molecule has 3 nitrogen and oxygen atoms in total. The highest BCUT2D eigenvalue weighted by molar-refractivity contribution is 5.97. The number of nitrogen functional groups attached to an aromatic ring is 1. The molecular formula is C16H24N2O. The SMILES string of the molecule is Cc1c(N)cccc1C(=O)N1CC(C)CC(C)C1C. The van der Waals surface area contributed by atoms with Crippen molar-refractivity contribution in [1.82, 2.24) is 4.90 Å². The minimum absolute atomic E-state index is 0.121. The molecule has 104 valence electrons. The zero-order valence-corrected chi connectivity index (χ0v) is 12.3. The molecule has 1 saturated heterocycles. The van der Waals surface area contributed by atoms with Gasteiger partial charge < -0.3 is 10.6 Å². The van der Waals surface area contributed by atoms with Crippen LogP contribution in [0.25, 0.3) is 0 Å². The van der Waals surface area contributed by atoms with E-state index in [2.05, 4.69) is 20.8 Å². The van der Waals surface area contributed by atoms with E-state index >= 15 is 0 Å². The van der Waals surface area contributed by atoms with Crippen LogP contribution in [0.1, 0.15) is 43.1 Å². The van der Waals surface area contributed by atoms with Gasteiger partial charge in [-0.25, -0.2) is 0 Å². The van der Waals surface area contributed by atoms with E-state index in [0.717, 1.165) is 17.7 Å². The van der Waals surface area contributed by atoms with Crippen LogP contribution in [-0.4, -0.2) is 23.4 Å². The van der Waals surface area contributed by atoms with E-state index in [9.17, 15) is 4.79 Å². The molecule has 19 heavy (non-hydrogen) atoms. The van der Waals surface area contributed by atoms with Crippen LogP contribution >= 0.6 is 0 Å². The molecule has 0 aromatic heterocycles. The predicted octanol–water partition coefficient (Wildman–Crippen LogP) is 3.08. The normalized spacial score (nSPS) is 27.4. The molecule has 0 spiro atoms. The van der Waals surface area contributed by atoms with Crippen LogP contribution in [0.5, 0.6) is 0 Å². The Balaban J connectivity index is 2.30. The average molecular weight is 260 g/mol. The van der Waals surface area contributed by atoms with Gasteiger partial charge in [0.25, 0.3) is 5.91 Å². The van der Waals surface area contributed by atoms with Crippen molar-refractivity contribution in [3.63, 3.8) is 0 Å². The number of nitrogens with zero attached hydrogens (tertiary/aromatic N) is 1. The lowest BCUT2D eigenvalue weighted by Crippen LogP contribution is -2.49. The highest BCUT2D eigenvalue weighted by atomic mass is 16.2. The predicted molar refractivity (Wildman–Crippen MR) is 79.0 cm³/mol. The largest absolute Gasteiger partial charge is 0.398 e. The van der Waals surface area contributed by atoms with Crippen LogP contribution in [0.4, 0.5) is 5.69 Å². The third kappa shape index (κ3) is 2.60. The fourth-order valence-electron chi connectivity index (χ4n) is 3.02. The Bertz CT molecular complexity index is 484. The number of hydrogen-bond acceptors (Lipinski definition) is 2.